The van der Waals surface area contributed by atoms with Crippen LogP contribution in [0.1, 0.15) is 19.5 Å². The molecule has 0 bridgehead atoms. The van der Waals surface area contributed by atoms with Gasteiger partial charge in [0.1, 0.15) is 0 Å². The van der Waals surface area contributed by atoms with E-state index in [4.69, 9.17) is 0 Å². The third kappa shape index (κ3) is 5.55. The molecule has 0 saturated carbocycles. The van der Waals surface area contributed by atoms with Gasteiger partial charge in [0.05, 0.1) is 6.54 Å². The maximum absolute atomic E-state index is 4.43. The zero-order valence-corrected chi connectivity index (χ0v) is 16.0. The van der Waals surface area contributed by atoms with Crippen molar-refractivity contribution in [2.45, 2.75) is 26.4 Å². The molecular formula is C20H31N5. The molecule has 136 valence electrons. The lowest BCUT2D eigenvalue weighted by molar-refractivity contribution is 0.447. The number of hydrogen-bond acceptors (Lipinski definition) is 2. The summed E-state index contributed by atoms with van der Waals surface area (Å²) in [5, 5.41) is 7.12. The number of nitrogens with one attached hydrogen (secondary N) is 2. The van der Waals surface area contributed by atoms with E-state index in [2.05, 4.69) is 95.6 Å². The Morgan fingerprint density at radius 3 is 2.44 bits per heavy atom. The summed E-state index contributed by atoms with van der Waals surface area (Å²) in [6.07, 6.45) is 2.07. The first kappa shape index (κ1) is 18.9. The van der Waals surface area contributed by atoms with Crippen molar-refractivity contribution in [3.63, 3.8) is 0 Å². The molecule has 2 N–H and O–H groups in total. The summed E-state index contributed by atoms with van der Waals surface area (Å²) in [6, 6.07) is 14.9. The first-order chi connectivity index (χ1) is 12.0. The van der Waals surface area contributed by atoms with Gasteiger partial charge in [-0.3, -0.25) is 4.99 Å². The molecule has 5 heteroatoms. The highest BCUT2D eigenvalue weighted by atomic mass is 15.3. The van der Waals surface area contributed by atoms with Crippen LogP contribution < -0.4 is 10.6 Å². The molecule has 0 aliphatic rings. The van der Waals surface area contributed by atoms with Crippen molar-refractivity contribution in [1.82, 2.24) is 14.8 Å². The van der Waals surface area contributed by atoms with Gasteiger partial charge in [-0.05, 0) is 30.2 Å². The minimum atomic E-state index is 0.322. The molecule has 0 saturated heterocycles. The fourth-order valence-corrected chi connectivity index (χ4v) is 2.77. The van der Waals surface area contributed by atoms with Gasteiger partial charge in [-0.25, -0.2) is 0 Å². The number of aromatic nitrogens is 1. The molecule has 1 atom stereocenters. The van der Waals surface area contributed by atoms with E-state index in [0.29, 0.717) is 12.0 Å². The van der Waals surface area contributed by atoms with Crippen LogP contribution in [0.4, 0.5) is 5.69 Å². The lowest BCUT2D eigenvalue weighted by Gasteiger charge is -2.28. The van der Waals surface area contributed by atoms with Crippen LogP contribution in [0, 0.1) is 5.92 Å². The standard InChI is InChI=1S/C20H31N5/c1-16(2)19(23-17-10-7-6-8-11-17)14-22-20(21-3)25(5)15-18-12-9-13-24(18)4/h6-13,16,19,23H,14-15H2,1-5H3,(H,21,22). The second-order valence-corrected chi connectivity index (χ2v) is 6.76. The van der Waals surface area contributed by atoms with Crippen molar-refractivity contribution >= 4 is 11.6 Å². The molecular weight excluding hydrogens is 310 g/mol. The van der Waals surface area contributed by atoms with Crippen molar-refractivity contribution in [3.8, 4) is 0 Å². The monoisotopic (exact) mass is 341 g/mol. The summed E-state index contributed by atoms with van der Waals surface area (Å²) in [4.78, 5) is 6.58. The molecule has 0 radical (unpaired) electrons. The number of para-hydroxylation sites is 1. The van der Waals surface area contributed by atoms with Crippen molar-refractivity contribution in [2.24, 2.45) is 18.0 Å². The zero-order chi connectivity index (χ0) is 18.2. The fraction of sp³-hybridized carbons (Fsp3) is 0.450. The van der Waals surface area contributed by atoms with Gasteiger partial charge in [0.15, 0.2) is 5.96 Å². The molecule has 0 aliphatic carbocycles. The van der Waals surface area contributed by atoms with Crippen LogP contribution in [0.3, 0.4) is 0 Å². The topological polar surface area (TPSA) is 44.6 Å². The summed E-state index contributed by atoms with van der Waals surface area (Å²) in [5.74, 6) is 1.41. The average Bonchev–Trinajstić information content (AvgIpc) is 3.00. The third-order valence-corrected chi connectivity index (χ3v) is 4.43. The van der Waals surface area contributed by atoms with Crippen LogP contribution in [0.5, 0.6) is 0 Å². The van der Waals surface area contributed by atoms with Crippen LogP contribution in [0.15, 0.2) is 53.7 Å². The van der Waals surface area contributed by atoms with Gasteiger partial charge in [0.2, 0.25) is 0 Å². The smallest absolute Gasteiger partial charge is 0.193 e. The lowest BCUT2D eigenvalue weighted by atomic mass is 10.0. The quantitative estimate of drug-likeness (QED) is 0.600. The summed E-state index contributed by atoms with van der Waals surface area (Å²) >= 11 is 0. The number of anilines is 1. The highest BCUT2D eigenvalue weighted by molar-refractivity contribution is 5.79. The van der Waals surface area contributed by atoms with E-state index in [-0.39, 0.29) is 0 Å². The first-order valence-electron chi connectivity index (χ1n) is 8.84. The lowest BCUT2D eigenvalue weighted by Crippen LogP contribution is -2.45. The third-order valence-electron chi connectivity index (χ3n) is 4.43. The maximum Gasteiger partial charge on any atom is 0.193 e. The second kappa shape index (κ2) is 9.16. The normalized spacial score (nSPS) is 13.0. The summed E-state index contributed by atoms with van der Waals surface area (Å²) in [7, 11) is 5.97. The number of nitrogens with zero attached hydrogens (tertiary/aromatic N) is 3. The number of hydrogen-bond donors (Lipinski definition) is 2. The van der Waals surface area contributed by atoms with Crippen molar-refractivity contribution in [1.29, 1.82) is 0 Å². The van der Waals surface area contributed by atoms with Gasteiger partial charge in [0, 0.05) is 51.3 Å². The van der Waals surface area contributed by atoms with E-state index >= 15 is 0 Å². The minimum absolute atomic E-state index is 0.322. The van der Waals surface area contributed by atoms with Crippen LogP contribution in [-0.2, 0) is 13.6 Å². The van der Waals surface area contributed by atoms with Crippen molar-refractivity contribution < 1.29 is 0 Å². The molecule has 1 aromatic carbocycles. The van der Waals surface area contributed by atoms with Gasteiger partial charge < -0.3 is 20.1 Å². The largest absolute Gasteiger partial charge is 0.380 e. The van der Waals surface area contributed by atoms with Crippen LogP contribution in [-0.4, -0.2) is 42.1 Å². The van der Waals surface area contributed by atoms with Gasteiger partial charge in [-0.2, -0.15) is 0 Å². The van der Waals surface area contributed by atoms with E-state index < -0.39 is 0 Å². The average molecular weight is 342 g/mol. The van der Waals surface area contributed by atoms with E-state index in [1.807, 2.05) is 13.1 Å². The molecule has 0 fully saturated rings. The molecule has 1 heterocycles. The van der Waals surface area contributed by atoms with Gasteiger partial charge in [-0.1, -0.05) is 32.0 Å². The Kier molecular flexibility index (Phi) is 6.92. The second-order valence-electron chi connectivity index (χ2n) is 6.76. The molecule has 1 aromatic heterocycles. The molecule has 25 heavy (non-hydrogen) atoms. The number of aliphatic imine (C=N–C) groups is 1. The van der Waals surface area contributed by atoms with Crippen molar-refractivity contribution in [3.05, 3.63) is 54.4 Å². The predicted octanol–water partition coefficient (Wildman–Crippen LogP) is 3.17. The van der Waals surface area contributed by atoms with Gasteiger partial charge in [-0.15, -0.1) is 0 Å². The Bertz CT molecular complexity index is 660. The number of rotatable bonds is 7. The summed E-state index contributed by atoms with van der Waals surface area (Å²) in [6.45, 7) is 6.11. The van der Waals surface area contributed by atoms with E-state index in [9.17, 15) is 0 Å². The summed E-state index contributed by atoms with van der Waals surface area (Å²) < 4.78 is 2.14. The van der Waals surface area contributed by atoms with Gasteiger partial charge >= 0.3 is 0 Å². The summed E-state index contributed by atoms with van der Waals surface area (Å²) in [5.41, 5.74) is 2.41. The van der Waals surface area contributed by atoms with Crippen molar-refractivity contribution in [2.75, 3.05) is 26.0 Å². The van der Waals surface area contributed by atoms with Gasteiger partial charge in [0.25, 0.3) is 0 Å². The Labute approximate surface area is 151 Å². The Morgan fingerprint density at radius 1 is 1.16 bits per heavy atom. The highest BCUT2D eigenvalue weighted by Gasteiger charge is 2.15. The maximum atomic E-state index is 4.43. The van der Waals surface area contributed by atoms with E-state index in [0.717, 1.165) is 24.7 Å². The SMILES string of the molecule is CN=C(NCC(Nc1ccccc1)C(C)C)N(C)Cc1cccn1C. The molecule has 5 nitrogen and oxygen atoms in total. The first-order valence-corrected chi connectivity index (χ1v) is 8.84. The number of aryl methyl sites for hydroxylation is 1. The zero-order valence-electron chi connectivity index (χ0n) is 16.0. The Balaban J connectivity index is 1.94. The predicted molar refractivity (Wildman–Crippen MR) is 107 cm³/mol. The fourth-order valence-electron chi connectivity index (χ4n) is 2.77. The molecule has 0 spiro atoms. The minimum Gasteiger partial charge on any atom is -0.380 e. The molecule has 1 unspecified atom stereocenters. The highest BCUT2D eigenvalue weighted by Crippen LogP contribution is 2.12. The van der Waals surface area contributed by atoms with E-state index in [1.54, 1.807) is 0 Å². The Hall–Kier alpha value is -2.43. The van der Waals surface area contributed by atoms with Crippen LogP contribution in [0.25, 0.3) is 0 Å². The number of benzene rings is 1. The molecule has 2 aromatic rings. The molecule has 0 aliphatic heterocycles. The Morgan fingerprint density at radius 2 is 1.88 bits per heavy atom. The van der Waals surface area contributed by atoms with Crippen LogP contribution in [0.2, 0.25) is 0 Å². The molecule has 0 amide bonds. The number of guanidine groups is 1. The van der Waals surface area contributed by atoms with E-state index in [1.165, 1.54) is 5.69 Å². The molecule has 2 rings (SSSR count). The van der Waals surface area contributed by atoms with Crippen LogP contribution >= 0.6 is 0 Å².